The van der Waals surface area contributed by atoms with Crippen LogP contribution >= 0.6 is 12.4 Å². The molecule has 0 heterocycles. The van der Waals surface area contributed by atoms with Gasteiger partial charge in [-0.1, -0.05) is 0 Å². The Kier molecular flexibility index (Phi) is 2.23. The van der Waals surface area contributed by atoms with Crippen LogP contribution in [0.5, 0.6) is 0 Å². The first kappa shape index (κ1) is 8.31. The highest BCUT2D eigenvalue weighted by molar-refractivity contribution is 5.85. The number of nitrogens with two attached hydrogens (primary N) is 1. The van der Waals surface area contributed by atoms with E-state index in [9.17, 15) is 5.11 Å². The summed E-state index contributed by atoms with van der Waals surface area (Å²) in [5, 5.41) is 9.28. The van der Waals surface area contributed by atoms with Crippen LogP contribution in [-0.4, -0.2) is 17.3 Å². The molecule has 2 fully saturated rings. The van der Waals surface area contributed by atoms with E-state index in [1.165, 1.54) is 6.42 Å². The van der Waals surface area contributed by atoms with E-state index in [0.717, 1.165) is 12.8 Å². The fraction of sp³-hybridized carbons (Fsp3) is 1.00. The van der Waals surface area contributed by atoms with Gasteiger partial charge in [-0.15, -0.1) is 12.4 Å². The summed E-state index contributed by atoms with van der Waals surface area (Å²) < 4.78 is 0. The summed E-state index contributed by atoms with van der Waals surface area (Å²) in [6.45, 7) is 0. The van der Waals surface area contributed by atoms with Crippen LogP contribution in [0.15, 0.2) is 0 Å². The number of rotatable bonds is 0. The fourth-order valence-electron chi connectivity index (χ4n) is 2.29. The van der Waals surface area contributed by atoms with Gasteiger partial charge in [-0.3, -0.25) is 0 Å². The number of hydrogen-bond acceptors (Lipinski definition) is 2. The summed E-state index contributed by atoms with van der Waals surface area (Å²) >= 11 is 0. The molecule has 0 aromatic carbocycles. The van der Waals surface area contributed by atoms with Crippen LogP contribution in [0.2, 0.25) is 0 Å². The van der Waals surface area contributed by atoms with Crippen molar-refractivity contribution in [3.8, 4) is 0 Å². The van der Waals surface area contributed by atoms with E-state index >= 15 is 0 Å². The zero-order valence-electron chi connectivity index (χ0n) is 5.86. The van der Waals surface area contributed by atoms with Crippen molar-refractivity contribution in [2.45, 2.75) is 31.4 Å². The van der Waals surface area contributed by atoms with Gasteiger partial charge in [0.15, 0.2) is 0 Å². The smallest absolute Gasteiger partial charge is 0.0572 e. The van der Waals surface area contributed by atoms with Gasteiger partial charge >= 0.3 is 0 Å². The van der Waals surface area contributed by atoms with Crippen LogP contribution in [0, 0.1) is 11.8 Å². The van der Waals surface area contributed by atoms with E-state index < -0.39 is 0 Å². The lowest BCUT2D eigenvalue weighted by Crippen LogP contribution is -2.31. The molecule has 2 aliphatic rings. The van der Waals surface area contributed by atoms with Crippen molar-refractivity contribution in [3.05, 3.63) is 0 Å². The van der Waals surface area contributed by atoms with Crippen LogP contribution in [0.4, 0.5) is 0 Å². The van der Waals surface area contributed by atoms with Gasteiger partial charge in [-0.05, 0) is 31.1 Å². The van der Waals surface area contributed by atoms with Crippen LogP contribution < -0.4 is 5.73 Å². The Hall–Kier alpha value is 0.210. The normalized spacial score (nSPS) is 51.0. The number of aliphatic hydroxyl groups is 1. The molecule has 2 aliphatic carbocycles. The minimum atomic E-state index is -0.0187. The second-order valence-electron chi connectivity index (χ2n) is 3.46. The number of fused-ring (bicyclic) bond motifs is 2. The van der Waals surface area contributed by atoms with Gasteiger partial charge in [0.2, 0.25) is 0 Å². The first-order chi connectivity index (χ1) is 4.27. The largest absolute Gasteiger partial charge is 0.393 e. The molecule has 0 aliphatic heterocycles. The Labute approximate surface area is 67.2 Å². The van der Waals surface area contributed by atoms with E-state index in [2.05, 4.69) is 0 Å². The lowest BCUT2D eigenvalue weighted by atomic mass is 9.94. The highest BCUT2D eigenvalue weighted by Gasteiger charge is 2.43. The predicted octanol–water partition coefficient (Wildman–Crippen LogP) is 0.526. The van der Waals surface area contributed by atoms with Gasteiger partial charge in [0.1, 0.15) is 0 Å². The Morgan fingerprint density at radius 2 is 1.80 bits per heavy atom. The zero-order valence-corrected chi connectivity index (χ0v) is 6.68. The molecule has 3 heteroatoms. The molecule has 2 saturated carbocycles. The molecule has 0 amide bonds. The molecule has 60 valence electrons. The SMILES string of the molecule is Cl.NC1CC2CC1CC2O. The summed E-state index contributed by atoms with van der Waals surface area (Å²) in [5.41, 5.74) is 5.77. The Bertz CT molecular complexity index is 113. The lowest BCUT2D eigenvalue weighted by Gasteiger charge is -2.20. The third kappa shape index (κ3) is 1.04. The molecular formula is C7H14ClNO. The molecule has 4 atom stereocenters. The van der Waals surface area contributed by atoms with E-state index in [1.807, 2.05) is 0 Å². The average Bonchev–Trinajstić information content (AvgIpc) is 2.24. The summed E-state index contributed by atoms with van der Waals surface area (Å²) in [6.07, 6.45) is 3.19. The summed E-state index contributed by atoms with van der Waals surface area (Å²) in [5.74, 6) is 1.19. The van der Waals surface area contributed by atoms with E-state index in [0.29, 0.717) is 17.9 Å². The van der Waals surface area contributed by atoms with E-state index in [-0.39, 0.29) is 18.5 Å². The molecule has 0 aromatic rings. The molecule has 0 radical (unpaired) electrons. The molecule has 0 spiro atoms. The number of aliphatic hydroxyl groups excluding tert-OH is 1. The average molecular weight is 164 g/mol. The van der Waals surface area contributed by atoms with Gasteiger partial charge < -0.3 is 10.8 Å². The van der Waals surface area contributed by atoms with E-state index in [4.69, 9.17) is 5.73 Å². The topological polar surface area (TPSA) is 46.2 Å². The van der Waals surface area contributed by atoms with Crippen molar-refractivity contribution < 1.29 is 5.11 Å². The van der Waals surface area contributed by atoms with Crippen LogP contribution in [0.25, 0.3) is 0 Å². The second kappa shape index (κ2) is 2.68. The van der Waals surface area contributed by atoms with Gasteiger partial charge in [-0.2, -0.15) is 0 Å². The van der Waals surface area contributed by atoms with Crippen molar-refractivity contribution in [1.29, 1.82) is 0 Å². The van der Waals surface area contributed by atoms with Crippen molar-refractivity contribution in [2.24, 2.45) is 17.6 Å². The Morgan fingerprint density at radius 1 is 1.10 bits per heavy atom. The molecule has 4 unspecified atom stereocenters. The monoisotopic (exact) mass is 163 g/mol. The summed E-state index contributed by atoms with van der Waals surface area (Å²) in [4.78, 5) is 0. The molecule has 3 N–H and O–H groups in total. The fourth-order valence-corrected chi connectivity index (χ4v) is 2.29. The Morgan fingerprint density at radius 3 is 2.10 bits per heavy atom. The second-order valence-corrected chi connectivity index (χ2v) is 3.46. The van der Waals surface area contributed by atoms with Crippen molar-refractivity contribution >= 4 is 12.4 Å². The van der Waals surface area contributed by atoms with Gasteiger partial charge in [-0.25, -0.2) is 0 Å². The molecule has 10 heavy (non-hydrogen) atoms. The van der Waals surface area contributed by atoms with Crippen LogP contribution in [0.1, 0.15) is 19.3 Å². The summed E-state index contributed by atoms with van der Waals surface area (Å²) in [7, 11) is 0. The van der Waals surface area contributed by atoms with Gasteiger partial charge in [0.05, 0.1) is 6.10 Å². The zero-order chi connectivity index (χ0) is 6.43. The molecule has 2 rings (SSSR count). The number of hydrogen-bond donors (Lipinski definition) is 2. The maximum atomic E-state index is 9.28. The highest BCUT2D eigenvalue weighted by atomic mass is 35.5. The van der Waals surface area contributed by atoms with Gasteiger partial charge in [0, 0.05) is 6.04 Å². The Balaban J connectivity index is 0.000000500. The van der Waals surface area contributed by atoms with Crippen LogP contribution in [-0.2, 0) is 0 Å². The predicted molar refractivity (Wildman–Crippen MR) is 42.1 cm³/mol. The van der Waals surface area contributed by atoms with Crippen molar-refractivity contribution in [2.75, 3.05) is 0 Å². The third-order valence-electron chi connectivity index (χ3n) is 2.87. The van der Waals surface area contributed by atoms with Gasteiger partial charge in [0.25, 0.3) is 0 Å². The standard InChI is InChI=1S/C7H13NO.ClH/c8-6-2-5-1-4(6)3-7(5)9;/h4-7,9H,1-3,8H2;1H. The first-order valence-corrected chi connectivity index (χ1v) is 3.71. The molecule has 2 bridgehead atoms. The molecule has 2 nitrogen and oxygen atoms in total. The van der Waals surface area contributed by atoms with Crippen molar-refractivity contribution in [3.63, 3.8) is 0 Å². The van der Waals surface area contributed by atoms with E-state index in [1.54, 1.807) is 0 Å². The highest BCUT2D eigenvalue weighted by Crippen LogP contribution is 2.43. The molecule has 0 saturated heterocycles. The first-order valence-electron chi connectivity index (χ1n) is 3.71. The minimum absolute atomic E-state index is 0. The lowest BCUT2D eigenvalue weighted by molar-refractivity contribution is 0.108. The summed E-state index contributed by atoms with van der Waals surface area (Å²) in [6, 6.07) is 0.401. The quantitative estimate of drug-likeness (QED) is 0.547. The minimum Gasteiger partial charge on any atom is -0.393 e. The maximum absolute atomic E-state index is 9.28. The van der Waals surface area contributed by atoms with Crippen LogP contribution in [0.3, 0.4) is 0 Å². The molecule has 0 aromatic heterocycles. The maximum Gasteiger partial charge on any atom is 0.0572 e. The third-order valence-corrected chi connectivity index (χ3v) is 2.87. The van der Waals surface area contributed by atoms with Crippen molar-refractivity contribution in [1.82, 2.24) is 0 Å². The number of halogens is 1. The molecular weight excluding hydrogens is 150 g/mol.